The van der Waals surface area contributed by atoms with E-state index in [1.807, 2.05) is 0 Å². The molecule has 0 bridgehead atoms. The predicted molar refractivity (Wildman–Crippen MR) is 143 cm³/mol. The molecule has 1 aliphatic heterocycles. The summed E-state index contributed by atoms with van der Waals surface area (Å²) in [5.74, 6) is -1.09. The molecule has 12 heteroatoms. The maximum atomic E-state index is 13.6. The maximum Gasteiger partial charge on any atom is 0.451 e. The van der Waals surface area contributed by atoms with Crippen LogP contribution in [0.5, 0.6) is 5.75 Å². The molecule has 0 spiro atoms. The number of hydrogen-bond acceptors (Lipinski definition) is 7. The van der Waals surface area contributed by atoms with E-state index in [1.54, 1.807) is 71.8 Å². The minimum Gasteiger partial charge on any atom is -0.490 e. The van der Waals surface area contributed by atoms with Crippen LogP contribution in [0, 0.1) is 0 Å². The number of anilines is 2. The van der Waals surface area contributed by atoms with Crippen LogP contribution in [0.15, 0.2) is 71.6 Å². The van der Waals surface area contributed by atoms with Crippen LogP contribution < -0.4 is 15.0 Å². The molecule has 0 fully saturated rings. The second kappa shape index (κ2) is 10.4. The molecule has 1 aromatic heterocycles. The molecule has 204 valence electrons. The minimum absolute atomic E-state index is 0.118. The zero-order chi connectivity index (χ0) is 27.8. The Morgan fingerprint density at radius 3 is 2.59 bits per heavy atom. The summed E-state index contributed by atoms with van der Waals surface area (Å²) in [4.78, 5) is 22.8. The molecular weight excluding hydrogens is 533 g/mol. The second-order valence-corrected chi connectivity index (χ2v) is 11.3. The van der Waals surface area contributed by atoms with Crippen LogP contribution in [0.2, 0.25) is 0 Å². The van der Waals surface area contributed by atoms with Crippen molar-refractivity contribution in [1.29, 1.82) is 0 Å². The summed E-state index contributed by atoms with van der Waals surface area (Å²) >= 11 is 0. The van der Waals surface area contributed by atoms with E-state index in [0.29, 0.717) is 27.3 Å². The Morgan fingerprint density at radius 1 is 1.13 bits per heavy atom. The number of hydrogen-bond donors (Lipinski definition) is 2. The van der Waals surface area contributed by atoms with Gasteiger partial charge in [-0.1, -0.05) is 24.3 Å². The van der Waals surface area contributed by atoms with E-state index in [4.69, 9.17) is 8.92 Å². The Labute approximate surface area is 224 Å². The lowest BCUT2D eigenvalue weighted by Gasteiger charge is -2.32. The molecule has 39 heavy (non-hydrogen) atoms. The van der Waals surface area contributed by atoms with E-state index < -0.39 is 22.6 Å². The number of alkyl halides is 3. The number of para-hydroxylation sites is 1. The van der Waals surface area contributed by atoms with Gasteiger partial charge in [0, 0.05) is 23.8 Å². The number of carbonyl (C=O) groups is 1. The molecule has 0 saturated carbocycles. The van der Waals surface area contributed by atoms with Crippen molar-refractivity contribution in [3.05, 3.63) is 83.7 Å². The van der Waals surface area contributed by atoms with E-state index in [2.05, 4.69) is 15.3 Å². The summed E-state index contributed by atoms with van der Waals surface area (Å²) < 4.78 is 61.8. The fourth-order valence-corrected chi connectivity index (χ4v) is 5.05. The molecule has 2 N–H and O–H groups in total. The number of carbonyl (C=O) groups excluding carboxylic acids is 1. The summed E-state index contributed by atoms with van der Waals surface area (Å²) in [5, 5.41) is 3.32. The molecule has 4 aromatic rings. The van der Waals surface area contributed by atoms with Crippen LogP contribution in [-0.4, -0.2) is 46.9 Å². The van der Waals surface area contributed by atoms with Crippen LogP contribution >= 0.6 is 10.6 Å². The van der Waals surface area contributed by atoms with Crippen LogP contribution in [0.25, 0.3) is 10.9 Å². The standard InChI is InChI=1S/C27H25F3N4O4S/c1-37-39(2,36)19-10-7-17(8-11-19)16-31-25(35)18-9-12-22-23(15-18)38-14-13-34(22)24-20-5-3-4-6-21(20)32-26(33-24)27(28,29)30/h3-12,15,36H,13-14,16H2,1-2H3,(H,31,35). The topological polar surface area (TPSA) is 96.8 Å². The highest BCUT2D eigenvalue weighted by Gasteiger charge is 2.36. The Balaban J connectivity index is 1.38. The van der Waals surface area contributed by atoms with Crippen molar-refractivity contribution in [2.24, 2.45) is 0 Å². The summed E-state index contributed by atoms with van der Waals surface area (Å²) in [6.07, 6.45) is -3.09. The molecule has 0 saturated heterocycles. The Hall–Kier alpha value is -3.87. The Morgan fingerprint density at radius 2 is 1.87 bits per heavy atom. The van der Waals surface area contributed by atoms with E-state index in [1.165, 1.54) is 13.2 Å². The van der Waals surface area contributed by atoms with Crippen molar-refractivity contribution in [3.8, 4) is 5.75 Å². The Kier molecular flexibility index (Phi) is 7.10. The molecular formula is C27H25F3N4O4S. The van der Waals surface area contributed by atoms with Crippen molar-refractivity contribution >= 4 is 38.9 Å². The summed E-state index contributed by atoms with van der Waals surface area (Å²) in [6, 6.07) is 18.4. The molecule has 0 radical (unpaired) electrons. The van der Waals surface area contributed by atoms with E-state index in [-0.39, 0.29) is 36.9 Å². The van der Waals surface area contributed by atoms with Gasteiger partial charge in [-0.2, -0.15) is 23.8 Å². The fraction of sp³-hybridized carbons (Fsp3) is 0.222. The van der Waals surface area contributed by atoms with Crippen LogP contribution in [0.3, 0.4) is 0 Å². The molecule has 1 unspecified atom stereocenters. The third-order valence-corrected chi connectivity index (χ3v) is 8.11. The average Bonchev–Trinajstić information content (AvgIpc) is 2.94. The molecule has 1 aliphatic rings. The first kappa shape index (κ1) is 26.7. The number of halogens is 3. The van der Waals surface area contributed by atoms with Gasteiger partial charge in [0.2, 0.25) is 5.82 Å². The van der Waals surface area contributed by atoms with Gasteiger partial charge in [-0.25, -0.2) is 9.97 Å². The number of benzene rings is 3. The lowest BCUT2D eigenvalue weighted by atomic mass is 10.1. The van der Waals surface area contributed by atoms with Gasteiger partial charge in [-0.05, 0) is 48.0 Å². The van der Waals surface area contributed by atoms with E-state index in [0.717, 1.165) is 5.56 Å². The number of nitrogens with one attached hydrogen (secondary N) is 1. The highest BCUT2D eigenvalue weighted by atomic mass is 32.3. The predicted octanol–water partition coefficient (Wildman–Crippen LogP) is 5.94. The van der Waals surface area contributed by atoms with E-state index >= 15 is 0 Å². The van der Waals surface area contributed by atoms with Crippen LogP contribution in [-0.2, 0) is 16.9 Å². The van der Waals surface area contributed by atoms with Gasteiger partial charge in [-0.15, -0.1) is 0 Å². The molecule has 5 rings (SSSR count). The minimum atomic E-state index is -4.71. The fourth-order valence-electron chi connectivity index (χ4n) is 4.21. The largest absolute Gasteiger partial charge is 0.490 e. The van der Waals surface area contributed by atoms with Gasteiger partial charge in [0.15, 0.2) is 0 Å². The highest BCUT2D eigenvalue weighted by Crippen LogP contribution is 2.48. The number of fused-ring (bicyclic) bond motifs is 2. The first-order valence-corrected chi connectivity index (χ1v) is 13.8. The number of rotatable bonds is 6. The third kappa shape index (κ3) is 5.49. The van der Waals surface area contributed by atoms with Crippen LogP contribution in [0.1, 0.15) is 21.7 Å². The van der Waals surface area contributed by atoms with Crippen molar-refractivity contribution in [1.82, 2.24) is 15.3 Å². The molecule has 0 aliphatic carbocycles. The summed E-state index contributed by atoms with van der Waals surface area (Å²) in [5.41, 5.74) is 1.84. The summed E-state index contributed by atoms with van der Waals surface area (Å²) in [7, 11) is -0.869. The zero-order valence-electron chi connectivity index (χ0n) is 21.0. The number of nitrogens with zero attached hydrogens (tertiary/aromatic N) is 3. The van der Waals surface area contributed by atoms with Gasteiger partial charge in [-0.3, -0.25) is 13.5 Å². The molecule has 8 nitrogen and oxygen atoms in total. The van der Waals surface area contributed by atoms with Gasteiger partial charge >= 0.3 is 6.18 Å². The Bertz CT molecular complexity index is 1530. The number of aromatic nitrogens is 2. The normalized spacial score (nSPS) is 15.7. The lowest BCUT2D eigenvalue weighted by molar-refractivity contribution is -0.144. The van der Waals surface area contributed by atoms with Crippen molar-refractivity contribution < 1.29 is 31.4 Å². The third-order valence-electron chi connectivity index (χ3n) is 6.32. The van der Waals surface area contributed by atoms with Gasteiger partial charge in [0.1, 0.15) is 18.2 Å². The van der Waals surface area contributed by atoms with Gasteiger partial charge in [0.25, 0.3) is 5.91 Å². The zero-order valence-corrected chi connectivity index (χ0v) is 21.8. The van der Waals surface area contributed by atoms with Gasteiger partial charge < -0.3 is 15.0 Å². The first-order chi connectivity index (χ1) is 18.6. The smallest absolute Gasteiger partial charge is 0.451 e. The molecule has 1 atom stereocenters. The number of amides is 1. The quantitative estimate of drug-likeness (QED) is 0.303. The van der Waals surface area contributed by atoms with Gasteiger partial charge in [0.05, 0.1) is 29.8 Å². The SMILES string of the molecule is COS(C)(O)c1ccc(CNC(=O)c2ccc3c(c2)OCCN3c2nc(C(F)(F)F)nc3ccccc23)cc1. The highest BCUT2D eigenvalue weighted by molar-refractivity contribution is 8.24. The van der Waals surface area contributed by atoms with E-state index in [9.17, 15) is 22.5 Å². The van der Waals surface area contributed by atoms with Crippen LogP contribution in [0.4, 0.5) is 24.7 Å². The van der Waals surface area contributed by atoms with Crippen molar-refractivity contribution in [2.45, 2.75) is 17.6 Å². The average molecular weight is 559 g/mol. The van der Waals surface area contributed by atoms with Crippen molar-refractivity contribution in [3.63, 3.8) is 0 Å². The lowest BCUT2D eigenvalue weighted by Crippen LogP contribution is -2.31. The maximum absolute atomic E-state index is 13.6. The monoisotopic (exact) mass is 558 g/mol. The summed E-state index contributed by atoms with van der Waals surface area (Å²) in [6.45, 7) is 0.711. The molecule has 2 heterocycles. The first-order valence-electron chi connectivity index (χ1n) is 11.9. The molecule has 3 aromatic carbocycles. The van der Waals surface area contributed by atoms with Crippen molar-refractivity contribution in [2.75, 3.05) is 31.4 Å². The second-order valence-electron chi connectivity index (χ2n) is 8.86. The molecule has 1 amide bonds. The number of ether oxygens (including phenoxy) is 1.